The van der Waals surface area contributed by atoms with Gasteiger partial charge in [0.1, 0.15) is 5.60 Å². The minimum absolute atomic E-state index is 0.177. The van der Waals surface area contributed by atoms with Crippen LogP contribution in [-0.4, -0.2) is 47.2 Å². The van der Waals surface area contributed by atoms with E-state index in [1.165, 1.54) is 4.88 Å². The molecule has 1 amide bonds. The van der Waals surface area contributed by atoms with Gasteiger partial charge in [-0.15, -0.1) is 11.3 Å². The van der Waals surface area contributed by atoms with Gasteiger partial charge < -0.3 is 9.64 Å². The first-order chi connectivity index (χ1) is 9.78. The van der Waals surface area contributed by atoms with Gasteiger partial charge in [-0.3, -0.25) is 4.90 Å². The van der Waals surface area contributed by atoms with Crippen LogP contribution in [0, 0.1) is 0 Å². The highest BCUT2D eigenvalue weighted by atomic mass is 32.1. The molecule has 0 radical (unpaired) electrons. The van der Waals surface area contributed by atoms with Crippen molar-refractivity contribution < 1.29 is 9.53 Å². The van der Waals surface area contributed by atoms with Crippen molar-refractivity contribution in [2.45, 2.75) is 52.3 Å². The highest BCUT2D eigenvalue weighted by Gasteiger charge is 2.32. The summed E-state index contributed by atoms with van der Waals surface area (Å²) < 4.78 is 5.49. The number of carbonyl (C=O) groups is 1. The smallest absolute Gasteiger partial charge is 0.410 e. The van der Waals surface area contributed by atoms with Gasteiger partial charge in [-0.05, 0) is 46.1 Å². The molecule has 0 aliphatic carbocycles. The quantitative estimate of drug-likeness (QED) is 0.834. The van der Waals surface area contributed by atoms with E-state index in [0.29, 0.717) is 6.04 Å². The highest BCUT2D eigenvalue weighted by molar-refractivity contribution is 7.10. The second-order valence-corrected chi connectivity index (χ2v) is 7.69. The van der Waals surface area contributed by atoms with Gasteiger partial charge in [-0.2, -0.15) is 0 Å². The molecule has 2 atom stereocenters. The van der Waals surface area contributed by atoms with Crippen molar-refractivity contribution in [2.75, 3.05) is 19.6 Å². The lowest BCUT2D eigenvalue weighted by molar-refractivity contribution is -0.00328. The Labute approximate surface area is 131 Å². The summed E-state index contributed by atoms with van der Waals surface area (Å²) in [7, 11) is 0. The third-order valence-electron chi connectivity index (χ3n) is 3.79. The number of hydrogen-bond donors (Lipinski definition) is 0. The molecule has 5 heteroatoms. The van der Waals surface area contributed by atoms with Crippen LogP contribution in [0.1, 0.15) is 45.5 Å². The van der Waals surface area contributed by atoms with E-state index in [1.807, 2.05) is 25.7 Å². The Morgan fingerprint density at radius 2 is 2.14 bits per heavy atom. The SMILES string of the molecule is C[C@@H](c1cccs1)N1CCN(C(=O)OC(C)(C)C)[C@@H](C)C1. The van der Waals surface area contributed by atoms with E-state index < -0.39 is 5.60 Å². The van der Waals surface area contributed by atoms with Crippen LogP contribution >= 0.6 is 11.3 Å². The summed E-state index contributed by atoms with van der Waals surface area (Å²) in [6.45, 7) is 12.6. The van der Waals surface area contributed by atoms with Crippen molar-refractivity contribution in [3.05, 3.63) is 22.4 Å². The normalized spacial score (nSPS) is 22.1. The maximum Gasteiger partial charge on any atom is 0.410 e. The Kier molecular flexibility index (Phi) is 4.94. The van der Waals surface area contributed by atoms with Gasteiger partial charge in [-0.1, -0.05) is 6.07 Å². The molecule has 2 rings (SSSR count). The number of ether oxygens (including phenoxy) is 1. The van der Waals surface area contributed by atoms with Crippen LogP contribution in [0.4, 0.5) is 4.79 Å². The van der Waals surface area contributed by atoms with Crippen molar-refractivity contribution in [3.63, 3.8) is 0 Å². The Bertz CT molecular complexity index is 467. The van der Waals surface area contributed by atoms with Crippen LogP contribution in [0.2, 0.25) is 0 Å². The van der Waals surface area contributed by atoms with Gasteiger partial charge in [-0.25, -0.2) is 4.79 Å². The van der Waals surface area contributed by atoms with Crippen LogP contribution < -0.4 is 0 Å². The average Bonchev–Trinajstić information content (AvgIpc) is 2.89. The number of hydrogen-bond acceptors (Lipinski definition) is 4. The third kappa shape index (κ3) is 4.20. The van der Waals surface area contributed by atoms with E-state index in [4.69, 9.17) is 4.74 Å². The molecule has 1 fully saturated rings. The van der Waals surface area contributed by atoms with Crippen molar-refractivity contribution in [3.8, 4) is 0 Å². The van der Waals surface area contributed by atoms with Crippen LogP contribution in [0.5, 0.6) is 0 Å². The van der Waals surface area contributed by atoms with Gasteiger partial charge in [0, 0.05) is 36.6 Å². The van der Waals surface area contributed by atoms with Crippen LogP contribution in [0.3, 0.4) is 0 Å². The zero-order valence-corrected chi connectivity index (χ0v) is 14.4. The molecule has 0 spiro atoms. The molecule has 21 heavy (non-hydrogen) atoms. The summed E-state index contributed by atoms with van der Waals surface area (Å²) >= 11 is 1.79. The Morgan fingerprint density at radius 1 is 1.43 bits per heavy atom. The zero-order valence-electron chi connectivity index (χ0n) is 13.6. The van der Waals surface area contributed by atoms with Gasteiger partial charge >= 0.3 is 6.09 Å². The molecular formula is C16H26N2O2S. The number of nitrogens with zero attached hydrogens (tertiary/aromatic N) is 2. The molecule has 2 heterocycles. The topological polar surface area (TPSA) is 32.8 Å². The molecule has 0 aromatic carbocycles. The first-order valence-electron chi connectivity index (χ1n) is 7.55. The first kappa shape index (κ1) is 16.3. The summed E-state index contributed by atoms with van der Waals surface area (Å²) in [5.74, 6) is 0. The minimum atomic E-state index is -0.432. The van der Waals surface area contributed by atoms with E-state index in [-0.39, 0.29) is 12.1 Å². The molecule has 1 aliphatic heterocycles. The Hall–Kier alpha value is -1.07. The third-order valence-corrected chi connectivity index (χ3v) is 4.83. The fourth-order valence-electron chi connectivity index (χ4n) is 2.64. The summed E-state index contributed by atoms with van der Waals surface area (Å²) in [6, 6.07) is 4.86. The van der Waals surface area contributed by atoms with E-state index in [1.54, 1.807) is 11.3 Å². The molecule has 0 unspecified atom stereocenters. The summed E-state index contributed by atoms with van der Waals surface area (Å²) in [6.07, 6.45) is -0.196. The van der Waals surface area contributed by atoms with Crippen molar-refractivity contribution in [1.29, 1.82) is 0 Å². The van der Waals surface area contributed by atoms with E-state index in [0.717, 1.165) is 19.6 Å². The molecule has 0 saturated carbocycles. The van der Waals surface area contributed by atoms with Gasteiger partial charge in [0.25, 0.3) is 0 Å². The molecular weight excluding hydrogens is 284 g/mol. The Morgan fingerprint density at radius 3 is 2.67 bits per heavy atom. The number of carbonyl (C=O) groups excluding carboxylic acids is 1. The molecule has 1 aromatic heterocycles. The largest absolute Gasteiger partial charge is 0.444 e. The Balaban J connectivity index is 1.94. The first-order valence-corrected chi connectivity index (χ1v) is 8.43. The fraction of sp³-hybridized carbons (Fsp3) is 0.688. The number of piperazine rings is 1. The van der Waals surface area contributed by atoms with Crippen molar-refractivity contribution in [2.24, 2.45) is 0 Å². The van der Waals surface area contributed by atoms with E-state index >= 15 is 0 Å². The second-order valence-electron chi connectivity index (χ2n) is 6.71. The molecule has 1 aromatic rings. The number of rotatable bonds is 2. The second kappa shape index (κ2) is 6.36. The minimum Gasteiger partial charge on any atom is -0.444 e. The average molecular weight is 310 g/mol. The van der Waals surface area contributed by atoms with Crippen molar-refractivity contribution >= 4 is 17.4 Å². The lowest BCUT2D eigenvalue weighted by Gasteiger charge is -2.42. The predicted octanol–water partition coefficient (Wildman–Crippen LogP) is 3.75. The maximum absolute atomic E-state index is 12.2. The fourth-order valence-corrected chi connectivity index (χ4v) is 3.46. The highest BCUT2D eigenvalue weighted by Crippen LogP contribution is 2.27. The molecule has 1 saturated heterocycles. The van der Waals surface area contributed by atoms with Gasteiger partial charge in [0.05, 0.1) is 0 Å². The summed E-state index contributed by atoms with van der Waals surface area (Å²) in [5.41, 5.74) is -0.432. The molecule has 1 aliphatic rings. The summed E-state index contributed by atoms with van der Waals surface area (Å²) in [4.78, 5) is 17.9. The van der Waals surface area contributed by atoms with Gasteiger partial charge in [0.2, 0.25) is 0 Å². The standard InChI is InChI=1S/C16H26N2O2S/c1-12-11-17(13(2)14-7-6-10-21-14)8-9-18(12)15(19)20-16(3,4)5/h6-7,10,12-13H,8-9,11H2,1-5H3/t12-,13-/m0/s1. The predicted molar refractivity (Wildman–Crippen MR) is 86.7 cm³/mol. The number of amides is 1. The van der Waals surface area contributed by atoms with Gasteiger partial charge in [0.15, 0.2) is 0 Å². The van der Waals surface area contributed by atoms with E-state index in [2.05, 4.69) is 36.3 Å². The molecule has 4 nitrogen and oxygen atoms in total. The molecule has 0 bridgehead atoms. The lowest BCUT2D eigenvalue weighted by atomic mass is 10.1. The van der Waals surface area contributed by atoms with Crippen LogP contribution in [-0.2, 0) is 4.74 Å². The lowest BCUT2D eigenvalue weighted by Crippen LogP contribution is -2.55. The van der Waals surface area contributed by atoms with Crippen LogP contribution in [0.15, 0.2) is 17.5 Å². The monoisotopic (exact) mass is 310 g/mol. The maximum atomic E-state index is 12.2. The molecule has 0 N–H and O–H groups in total. The van der Waals surface area contributed by atoms with Crippen molar-refractivity contribution in [1.82, 2.24) is 9.80 Å². The zero-order chi connectivity index (χ0) is 15.6. The molecule has 118 valence electrons. The van der Waals surface area contributed by atoms with Crippen LogP contribution in [0.25, 0.3) is 0 Å². The number of thiophene rings is 1. The van der Waals surface area contributed by atoms with E-state index in [9.17, 15) is 4.79 Å². The summed E-state index contributed by atoms with van der Waals surface area (Å²) in [5, 5.41) is 2.12.